The lowest BCUT2D eigenvalue weighted by Gasteiger charge is -2.36. The summed E-state index contributed by atoms with van der Waals surface area (Å²) in [5, 5.41) is 28.0. The second-order valence-corrected chi connectivity index (χ2v) is 3.61. The molecule has 0 spiro atoms. The van der Waals surface area contributed by atoms with Crippen molar-refractivity contribution in [3.63, 3.8) is 0 Å². The van der Waals surface area contributed by atoms with Crippen molar-refractivity contribution in [1.29, 1.82) is 0 Å². The van der Waals surface area contributed by atoms with Gasteiger partial charge in [0.2, 0.25) is 0 Å². The van der Waals surface area contributed by atoms with Gasteiger partial charge >= 0.3 is 0 Å². The van der Waals surface area contributed by atoms with E-state index < -0.39 is 24.6 Å². The normalized spacial score (nSPS) is 40.9. The zero-order chi connectivity index (χ0) is 10.7. The quantitative estimate of drug-likeness (QED) is 0.565. The van der Waals surface area contributed by atoms with Gasteiger partial charge in [0.05, 0.1) is 12.7 Å². The molecule has 1 heterocycles. The van der Waals surface area contributed by atoms with E-state index in [-0.39, 0.29) is 12.7 Å². The van der Waals surface area contributed by atoms with E-state index in [1.807, 2.05) is 13.8 Å². The highest BCUT2D eigenvalue weighted by atomic mass is 16.7. The molecule has 1 fully saturated rings. The molecule has 0 radical (unpaired) electrons. The van der Waals surface area contributed by atoms with Gasteiger partial charge in [-0.2, -0.15) is 0 Å². The molecule has 0 saturated carbocycles. The highest BCUT2D eigenvalue weighted by molar-refractivity contribution is 4.82. The average molecular weight is 206 g/mol. The molecule has 5 atom stereocenters. The van der Waals surface area contributed by atoms with E-state index in [9.17, 15) is 10.2 Å². The van der Waals surface area contributed by atoms with Gasteiger partial charge in [0.1, 0.15) is 18.3 Å². The number of rotatable bonds is 3. The Kier molecular flexibility index (Phi) is 4.28. The minimum atomic E-state index is -1.20. The van der Waals surface area contributed by atoms with Crippen LogP contribution < -0.4 is 0 Å². The molecule has 0 amide bonds. The van der Waals surface area contributed by atoms with Gasteiger partial charge < -0.3 is 24.8 Å². The lowest BCUT2D eigenvalue weighted by atomic mass is 10.1. The summed E-state index contributed by atoms with van der Waals surface area (Å²) in [7, 11) is 0. The Labute approximate surface area is 83.3 Å². The summed E-state index contributed by atoms with van der Waals surface area (Å²) in [5.41, 5.74) is 0. The van der Waals surface area contributed by atoms with Crippen LogP contribution in [0.5, 0.6) is 0 Å². The zero-order valence-electron chi connectivity index (χ0n) is 8.46. The van der Waals surface area contributed by atoms with Crippen LogP contribution in [0.4, 0.5) is 0 Å². The van der Waals surface area contributed by atoms with E-state index in [0.29, 0.717) is 0 Å². The van der Waals surface area contributed by atoms with Gasteiger partial charge in [-0.15, -0.1) is 0 Å². The third-order valence-electron chi connectivity index (χ3n) is 2.40. The summed E-state index contributed by atoms with van der Waals surface area (Å²) in [6.07, 6.45) is -3.52. The van der Waals surface area contributed by atoms with Crippen molar-refractivity contribution in [3.8, 4) is 0 Å². The Morgan fingerprint density at radius 2 is 2.00 bits per heavy atom. The van der Waals surface area contributed by atoms with E-state index >= 15 is 0 Å². The second-order valence-electron chi connectivity index (χ2n) is 3.61. The summed E-state index contributed by atoms with van der Waals surface area (Å²) in [4.78, 5) is 0. The van der Waals surface area contributed by atoms with Crippen LogP contribution in [-0.4, -0.2) is 52.6 Å². The fraction of sp³-hybridized carbons (Fsp3) is 1.00. The predicted octanol–water partition coefficient (Wildman–Crippen LogP) is -0.760. The van der Waals surface area contributed by atoms with Gasteiger partial charge in [0, 0.05) is 0 Å². The van der Waals surface area contributed by atoms with Crippen LogP contribution in [0.2, 0.25) is 0 Å². The van der Waals surface area contributed by atoms with Gasteiger partial charge in [-0.1, -0.05) is 6.92 Å². The van der Waals surface area contributed by atoms with E-state index in [4.69, 9.17) is 14.6 Å². The Balaban J connectivity index is 2.46. The molecule has 0 aromatic heterocycles. The van der Waals surface area contributed by atoms with Crippen molar-refractivity contribution in [2.75, 3.05) is 6.61 Å². The minimum Gasteiger partial charge on any atom is -0.388 e. The van der Waals surface area contributed by atoms with Crippen molar-refractivity contribution in [3.05, 3.63) is 0 Å². The minimum absolute atomic E-state index is 0.0146. The van der Waals surface area contributed by atoms with E-state index in [1.165, 1.54) is 0 Å². The monoisotopic (exact) mass is 206 g/mol. The summed E-state index contributed by atoms with van der Waals surface area (Å²) in [5.74, 6) is 0. The predicted molar refractivity (Wildman–Crippen MR) is 48.6 cm³/mol. The molecule has 0 aliphatic carbocycles. The molecule has 84 valence electrons. The molecule has 0 bridgehead atoms. The number of aliphatic hydroxyl groups is 3. The third kappa shape index (κ3) is 2.65. The topological polar surface area (TPSA) is 79.2 Å². The Bertz CT molecular complexity index is 175. The molecule has 3 N–H and O–H groups in total. The summed E-state index contributed by atoms with van der Waals surface area (Å²) in [6, 6.07) is 0. The maximum absolute atomic E-state index is 9.49. The first-order chi connectivity index (χ1) is 6.56. The van der Waals surface area contributed by atoms with Gasteiger partial charge in [0.25, 0.3) is 0 Å². The number of ether oxygens (including phenoxy) is 2. The fourth-order valence-corrected chi connectivity index (χ4v) is 1.22. The van der Waals surface area contributed by atoms with Crippen LogP contribution in [0, 0.1) is 0 Å². The van der Waals surface area contributed by atoms with Crippen LogP contribution in [0.25, 0.3) is 0 Å². The Morgan fingerprint density at radius 1 is 1.36 bits per heavy atom. The highest BCUT2D eigenvalue weighted by Crippen LogP contribution is 2.18. The maximum atomic E-state index is 9.49. The van der Waals surface area contributed by atoms with Crippen molar-refractivity contribution < 1.29 is 24.8 Å². The molecule has 1 aliphatic heterocycles. The summed E-state index contributed by atoms with van der Waals surface area (Å²) < 4.78 is 10.4. The third-order valence-corrected chi connectivity index (χ3v) is 2.40. The Hall–Kier alpha value is -0.200. The van der Waals surface area contributed by atoms with Crippen LogP contribution in [0.3, 0.4) is 0 Å². The summed E-state index contributed by atoms with van der Waals surface area (Å²) >= 11 is 0. The maximum Gasteiger partial charge on any atom is 0.186 e. The molecule has 5 nitrogen and oxygen atoms in total. The largest absolute Gasteiger partial charge is 0.388 e. The van der Waals surface area contributed by atoms with Crippen LogP contribution in [0.1, 0.15) is 20.3 Å². The first-order valence-electron chi connectivity index (χ1n) is 4.87. The van der Waals surface area contributed by atoms with E-state index in [2.05, 4.69) is 0 Å². The standard InChI is InChI=1S/C9H18O5/c1-3-5(2)14-9-8(12)7(11)6(10)4-13-9/h5-12H,3-4H2,1-2H3/t5?,6-,7?,8+,9-/m1/s1. The van der Waals surface area contributed by atoms with Crippen molar-refractivity contribution in [2.24, 2.45) is 0 Å². The fourth-order valence-electron chi connectivity index (χ4n) is 1.22. The highest BCUT2D eigenvalue weighted by Gasteiger charge is 2.38. The molecule has 1 aliphatic rings. The molecule has 2 unspecified atom stereocenters. The van der Waals surface area contributed by atoms with E-state index in [1.54, 1.807) is 0 Å². The van der Waals surface area contributed by atoms with Crippen molar-refractivity contribution in [1.82, 2.24) is 0 Å². The average Bonchev–Trinajstić information content (AvgIpc) is 2.19. The van der Waals surface area contributed by atoms with Gasteiger partial charge in [-0.05, 0) is 13.3 Å². The number of hydrogen-bond acceptors (Lipinski definition) is 5. The van der Waals surface area contributed by atoms with Crippen molar-refractivity contribution in [2.45, 2.75) is 51.0 Å². The molecule has 0 aromatic rings. The smallest absolute Gasteiger partial charge is 0.186 e. The second kappa shape index (κ2) is 5.04. The molecular formula is C9H18O5. The van der Waals surface area contributed by atoms with Gasteiger partial charge in [-0.3, -0.25) is 0 Å². The number of hydrogen-bond donors (Lipinski definition) is 3. The number of aliphatic hydroxyl groups excluding tert-OH is 3. The summed E-state index contributed by atoms with van der Waals surface area (Å²) in [6.45, 7) is 3.79. The molecule has 5 heteroatoms. The van der Waals surface area contributed by atoms with Crippen LogP contribution in [-0.2, 0) is 9.47 Å². The molecular weight excluding hydrogens is 188 g/mol. The lowest BCUT2D eigenvalue weighted by molar-refractivity contribution is -0.280. The zero-order valence-corrected chi connectivity index (χ0v) is 8.46. The molecule has 14 heavy (non-hydrogen) atoms. The van der Waals surface area contributed by atoms with Crippen LogP contribution in [0.15, 0.2) is 0 Å². The van der Waals surface area contributed by atoms with E-state index in [0.717, 1.165) is 6.42 Å². The first-order valence-corrected chi connectivity index (χ1v) is 4.87. The molecule has 1 rings (SSSR count). The van der Waals surface area contributed by atoms with Gasteiger partial charge in [0.15, 0.2) is 6.29 Å². The van der Waals surface area contributed by atoms with Gasteiger partial charge in [-0.25, -0.2) is 0 Å². The molecule has 1 saturated heterocycles. The SMILES string of the molecule is CCC(C)O[C@H]1OC[C@@H](O)C(O)[C@@H]1O. The Morgan fingerprint density at radius 3 is 2.57 bits per heavy atom. The van der Waals surface area contributed by atoms with Crippen LogP contribution >= 0.6 is 0 Å². The first kappa shape index (κ1) is 11.9. The molecule has 0 aromatic carbocycles. The lowest BCUT2D eigenvalue weighted by Crippen LogP contribution is -2.54. The van der Waals surface area contributed by atoms with Crippen molar-refractivity contribution >= 4 is 0 Å².